The molecule has 1 aromatic carbocycles. The molecule has 0 radical (unpaired) electrons. The molecule has 0 fully saturated rings. The molecule has 0 spiro atoms. The molecule has 6 nitrogen and oxygen atoms in total. The minimum Gasteiger partial charge on any atom is -0.504 e. The monoisotopic (exact) mass is 261 g/mol. The molecule has 1 unspecified atom stereocenters. The molecule has 1 atom stereocenters. The maximum absolute atomic E-state index is 10.9. The van der Waals surface area contributed by atoms with Gasteiger partial charge in [-0.1, -0.05) is 0 Å². The van der Waals surface area contributed by atoms with Gasteiger partial charge in [0.25, 0.3) is 0 Å². The van der Waals surface area contributed by atoms with Gasteiger partial charge >= 0.3 is 5.97 Å². The van der Waals surface area contributed by atoms with Crippen molar-refractivity contribution in [3.05, 3.63) is 30.2 Å². The zero-order valence-corrected chi connectivity index (χ0v) is 9.79. The SMILES string of the molecule is NC(Cc1c2ccoc2c(O)c2ccoc12)C(=O)O. The van der Waals surface area contributed by atoms with Crippen LogP contribution in [0.15, 0.2) is 33.5 Å². The molecule has 98 valence electrons. The molecular formula is C13H11NO5. The van der Waals surface area contributed by atoms with Crippen LogP contribution in [-0.2, 0) is 11.2 Å². The predicted octanol–water partition coefficient (Wildman–Crippen LogP) is 1.84. The van der Waals surface area contributed by atoms with E-state index in [9.17, 15) is 9.90 Å². The number of carbonyl (C=O) groups is 1. The molecule has 0 amide bonds. The van der Waals surface area contributed by atoms with Gasteiger partial charge < -0.3 is 24.8 Å². The van der Waals surface area contributed by atoms with E-state index in [1.165, 1.54) is 12.5 Å². The lowest BCUT2D eigenvalue weighted by Gasteiger charge is -2.09. The van der Waals surface area contributed by atoms with Crippen molar-refractivity contribution in [2.24, 2.45) is 5.73 Å². The van der Waals surface area contributed by atoms with E-state index in [1.807, 2.05) is 0 Å². The third kappa shape index (κ3) is 1.65. The number of phenolic OH excluding ortho intramolecular Hbond substituents is 1. The largest absolute Gasteiger partial charge is 0.504 e. The average Bonchev–Trinajstić information content (AvgIpc) is 3.02. The Bertz CT molecular complexity index is 718. The summed E-state index contributed by atoms with van der Waals surface area (Å²) in [5.74, 6) is -1.11. The molecule has 0 aliphatic heterocycles. The second kappa shape index (κ2) is 4.03. The Hall–Kier alpha value is -2.47. The van der Waals surface area contributed by atoms with Gasteiger partial charge in [-0.05, 0) is 12.1 Å². The van der Waals surface area contributed by atoms with E-state index in [4.69, 9.17) is 19.7 Å². The lowest BCUT2D eigenvalue weighted by molar-refractivity contribution is -0.138. The zero-order chi connectivity index (χ0) is 13.6. The smallest absolute Gasteiger partial charge is 0.320 e. The number of nitrogens with two attached hydrogens (primary N) is 1. The van der Waals surface area contributed by atoms with Crippen molar-refractivity contribution in [2.45, 2.75) is 12.5 Å². The van der Waals surface area contributed by atoms with Crippen LogP contribution in [0.1, 0.15) is 5.56 Å². The van der Waals surface area contributed by atoms with Crippen LogP contribution in [0.3, 0.4) is 0 Å². The summed E-state index contributed by atoms with van der Waals surface area (Å²) in [7, 11) is 0. The molecule has 0 saturated heterocycles. The first-order chi connectivity index (χ1) is 9.09. The highest BCUT2D eigenvalue weighted by atomic mass is 16.4. The second-order valence-corrected chi connectivity index (χ2v) is 4.30. The van der Waals surface area contributed by atoms with Gasteiger partial charge in [0.15, 0.2) is 11.3 Å². The summed E-state index contributed by atoms with van der Waals surface area (Å²) >= 11 is 0. The second-order valence-electron chi connectivity index (χ2n) is 4.30. The molecular weight excluding hydrogens is 250 g/mol. The first kappa shape index (κ1) is 11.6. The van der Waals surface area contributed by atoms with Crippen LogP contribution in [0, 0.1) is 0 Å². The fourth-order valence-electron chi connectivity index (χ4n) is 2.21. The maximum atomic E-state index is 10.9. The van der Waals surface area contributed by atoms with Gasteiger partial charge in [-0.3, -0.25) is 4.79 Å². The topological polar surface area (TPSA) is 110 Å². The van der Waals surface area contributed by atoms with Gasteiger partial charge in [-0.15, -0.1) is 0 Å². The van der Waals surface area contributed by atoms with Gasteiger partial charge in [0.1, 0.15) is 11.6 Å². The van der Waals surface area contributed by atoms with Gasteiger partial charge in [0.05, 0.1) is 17.9 Å². The maximum Gasteiger partial charge on any atom is 0.320 e. The zero-order valence-electron chi connectivity index (χ0n) is 9.79. The van der Waals surface area contributed by atoms with Gasteiger partial charge in [0.2, 0.25) is 0 Å². The minimum absolute atomic E-state index is 0.0172. The van der Waals surface area contributed by atoms with Crippen LogP contribution in [-0.4, -0.2) is 22.2 Å². The highest BCUT2D eigenvalue weighted by Gasteiger charge is 2.22. The van der Waals surface area contributed by atoms with Gasteiger partial charge in [-0.25, -0.2) is 0 Å². The van der Waals surface area contributed by atoms with Crippen molar-refractivity contribution in [3.8, 4) is 5.75 Å². The van der Waals surface area contributed by atoms with Crippen molar-refractivity contribution in [2.75, 3.05) is 0 Å². The van der Waals surface area contributed by atoms with Crippen LogP contribution in [0.25, 0.3) is 21.9 Å². The molecule has 0 bridgehead atoms. The summed E-state index contributed by atoms with van der Waals surface area (Å²) < 4.78 is 10.6. The van der Waals surface area contributed by atoms with Gasteiger partial charge in [-0.2, -0.15) is 0 Å². The van der Waals surface area contributed by atoms with E-state index >= 15 is 0 Å². The van der Waals surface area contributed by atoms with Crippen molar-refractivity contribution in [1.29, 1.82) is 0 Å². The number of carboxylic acids is 1. The number of carboxylic acid groups (broad SMARTS) is 1. The van der Waals surface area contributed by atoms with E-state index in [2.05, 4.69) is 0 Å². The number of hydrogen-bond donors (Lipinski definition) is 3. The summed E-state index contributed by atoms with van der Waals surface area (Å²) in [6.07, 6.45) is 2.95. The number of hydrogen-bond acceptors (Lipinski definition) is 5. The van der Waals surface area contributed by atoms with E-state index in [1.54, 1.807) is 12.1 Å². The first-order valence-corrected chi connectivity index (χ1v) is 5.66. The fraction of sp³-hybridized carbons (Fsp3) is 0.154. The summed E-state index contributed by atoms with van der Waals surface area (Å²) in [5.41, 5.74) is 6.93. The van der Waals surface area contributed by atoms with Crippen LogP contribution < -0.4 is 5.73 Å². The molecule has 3 rings (SSSR count). The Labute approximate surface area is 107 Å². The van der Waals surface area contributed by atoms with E-state index in [0.717, 1.165) is 0 Å². The molecule has 0 aliphatic carbocycles. The third-order valence-corrected chi connectivity index (χ3v) is 3.14. The number of rotatable bonds is 3. The number of phenols is 1. The Morgan fingerprint density at radius 3 is 2.53 bits per heavy atom. The normalized spacial score (nSPS) is 13.1. The molecule has 0 saturated carbocycles. The fourth-order valence-corrected chi connectivity index (χ4v) is 2.21. The van der Waals surface area contributed by atoms with Crippen LogP contribution in [0.5, 0.6) is 5.75 Å². The highest BCUT2D eigenvalue weighted by Crippen LogP contribution is 2.39. The average molecular weight is 261 g/mol. The van der Waals surface area contributed by atoms with E-state index < -0.39 is 12.0 Å². The lowest BCUT2D eigenvalue weighted by Crippen LogP contribution is -2.32. The van der Waals surface area contributed by atoms with Crippen LogP contribution >= 0.6 is 0 Å². The Morgan fingerprint density at radius 1 is 1.21 bits per heavy atom. The highest BCUT2D eigenvalue weighted by molar-refractivity contribution is 6.04. The minimum atomic E-state index is -1.09. The van der Waals surface area contributed by atoms with Crippen LogP contribution in [0.2, 0.25) is 0 Å². The number of benzene rings is 1. The third-order valence-electron chi connectivity index (χ3n) is 3.14. The predicted molar refractivity (Wildman–Crippen MR) is 67.0 cm³/mol. The van der Waals surface area contributed by atoms with Crippen LogP contribution in [0.4, 0.5) is 0 Å². The standard InChI is InChI=1S/C13H11NO5/c14-9(13(16)17)5-8-6-1-3-19-12(6)10(15)7-2-4-18-11(7)8/h1-4,9,15H,5,14H2,(H,16,17). The van der Waals surface area contributed by atoms with Crippen molar-refractivity contribution >= 4 is 27.9 Å². The number of fused-ring (bicyclic) bond motifs is 2. The van der Waals surface area contributed by atoms with E-state index in [-0.39, 0.29) is 12.2 Å². The lowest BCUT2D eigenvalue weighted by atomic mass is 10.00. The molecule has 2 heterocycles. The molecule has 0 aliphatic rings. The quantitative estimate of drug-likeness (QED) is 0.663. The number of aliphatic carboxylic acids is 1. The molecule has 19 heavy (non-hydrogen) atoms. The molecule has 4 N–H and O–H groups in total. The van der Waals surface area contributed by atoms with Crippen molar-refractivity contribution < 1.29 is 23.8 Å². The first-order valence-electron chi connectivity index (χ1n) is 5.66. The van der Waals surface area contributed by atoms with Crippen molar-refractivity contribution in [1.82, 2.24) is 0 Å². The van der Waals surface area contributed by atoms with E-state index in [0.29, 0.717) is 27.5 Å². The Balaban J connectivity index is 2.29. The number of aromatic hydroxyl groups is 1. The molecule has 3 aromatic rings. The summed E-state index contributed by atoms with van der Waals surface area (Å²) in [4.78, 5) is 10.9. The summed E-state index contributed by atoms with van der Waals surface area (Å²) in [6, 6.07) is 2.21. The molecule has 2 aromatic heterocycles. The summed E-state index contributed by atoms with van der Waals surface area (Å²) in [5, 5.41) is 20.1. The summed E-state index contributed by atoms with van der Waals surface area (Å²) in [6.45, 7) is 0. The number of furan rings is 2. The molecule has 6 heteroatoms. The Kier molecular flexibility index (Phi) is 2.46. The van der Waals surface area contributed by atoms with Gasteiger partial charge in [0, 0.05) is 17.4 Å². The van der Waals surface area contributed by atoms with Crippen molar-refractivity contribution in [3.63, 3.8) is 0 Å². The Morgan fingerprint density at radius 2 is 1.84 bits per heavy atom.